The largest absolute Gasteiger partial charge is 0.379 e. The zero-order chi connectivity index (χ0) is 15.3. The summed E-state index contributed by atoms with van der Waals surface area (Å²) in [6.07, 6.45) is 0. The van der Waals surface area contributed by atoms with Crippen LogP contribution in [0.25, 0.3) is 0 Å². The molecule has 1 fully saturated rings. The molecule has 1 saturated heterocycles. The lowest BCUT2D eigenvalue weighted by Crippen LogP contribution is -2.43. The van der Waals surface area contributed by atoms with E-state index in [1.807, 2.05) is 0 Å². The maximum atomic E-state index is 13.8. The van der Waals surface area contributed by atoms with E-state index in [0.29, 0.717) is 13.2 Å². The van der Waals surface area contributed by atoms with Crippen LogP contribution >= 0.6 is 0 Å². The fourth-order valence-corrected chi connectivity index (χ4v) is 3.01. The topological polar surface area (TPSA) is 84.7 Å². The second kappa shape index (κ2) is 6.87. The number of nitrogens with zero attached hydrogens (tertiary/aromatic N) is 1. The van der Waals surface area contributed by atoms with Gasteiger partial charge >= 0.3 is 10.2 Å². The summed E-state index contributed by atoms with van der Waals surface area (Å²) in [5, 5.41) is 0. The summed E-state index contributed by atoms with van der Waals surface area (Å²) in [4.78, 5) is 0. The summed E-state index contributed by atoms with van der Waals surface area (Å²) < 4.78 is 46.7. The Balaban J connectivity index is 2.14. The van der Waals surface area contributed by atoms with Crippen molar-refractivity contribution in [2.75, 3.05) is 37.6 Å². The van der Waals surface area contributed by atoms with Gasteiger partial charge in [-0.1, -0.05) is 11.8 Å². The molecule has 0 spiro atoms. The Morgan fingerprint density at radius 1 is 1.38 bits per heavy atom. The lowest BCUT2D eigenvalue weighted by atomic mass is 10.2. The first kappa shape index (κ1) is 15.7. The normalized spacial score (nSPS) is 16.1. The number of hydrogen-bond donors (Lipinski definition) is 2. The predicted octanol–water partition coefficient (Wildman–Crippen LogP) is 0.125. The molecule has 21 heavy (non-hydrogen) atoms. The summed E-state index contributed by atoms with van der Waals surface area (Å²) in [5.41, 5.74) is 5.54. The maximum Gasteiger partial charge on any atom is 0.301 e. The standard InChI is InChI=1S/C13H16FN3O3S/c14-13-10-12(4-3-11(13)2-1-5-15)16-21(18,19)17-6-8-20-9-7-17/h3-4,10,16H,5-9,15H2. The van der Waals surface area contributed by atoms with Gasteiger partial charge < -0.3 is 10.5 Å². The van der Waals surface area contributed by atoms with Crippen molar-refractivity contribution in [3.05, 3.63) is 29.6 Å². The van der Waals surface area contributed by atoms with Crippen LogP contribution in [-0.2, 0) is 14.9 Å². The molecule has 6 nitrogen and oxygen atoms in total. The Bertz CT molecular complexity index is 661. The van der Waals surface area contributed by atoms with Gasteiger partial charge in [0.25, 0.3) is 0 Å². The van der Waals surface area contributed by atoms with Gasteiger partial charge in [-0.3, -0.25) is 4.72 Å². The number of hydrogen-bond acceptors (Lipinski definition) is 4. The smallest absolute Gasteiger partial charge is 0.301 e. The minimum atomic E-state index is -3.70. The predicted molar refractivity (Wildman–Crippen MR) is 77.3 cm³/mol. The van der Waals surface area contributed by atoms with Crippen molar-refractivity contribution >= 4 is 15.9 Å². The average Bonchev–Trinajstić information content (AvgIpc) is 2.47. The Kier molecular flexibility index (Phi) is 5.14. The number of ether oxygens (including phenoxy) is 1. The second-order valence-electron chi connectivity index (χ2n) is 4.32. The summed E-state index contributed by atoms with van der Waals surface area (Å²) >= 11 is 0. The highest BCUT2D eigenvalue weighted by atomic mass is 32.2. The number of benzene rings is 1. The number of nitrogens with one attached hydrogen (secondary N) is 1. The lowest BCUT2D eigenvalue weighted by molar-refractivity contribution is 0.0733. The molecule has 0 amide bonds. The molecule has 8 heteroatoms. The number of nitrogens with two attached hydrogens (primary N) is 1. The Morgan fingerprint density at radius 2 is 2.10 bits per heavy atom. The van der Waals surface area contributed by atoms with Crippen LogP contribution in [0.2, 0.25) is 0 Å². The van der Waals surface area contributed by atoms with Gasteiger partial charge in [0.2, 0.25) is 0 Å². The molecule has 0 unspecified atom stereocenters. The molecule has 0 radical (unpaired) electrons. The molecular formula is C13H16FN3O3S. The van der Waals surface area contributed by atoms with E-state index < -0.39 is 16.0 Å². The van der Waals surface area contributed by atoms with E-state index in [0.717, 1.165) is 6.07 Å². The van der Waals surface area contributed by atoms with Crippen molar-refractivity contribution in [3.8, 4) is 11.8 Å². The van der Waals surface area contributed by atoms with E-state index in [1.54, 1.807) is 0 Å². The first-order valence-corrected chi connectivity index (χ1v) is 7.81. The van der Waals surface area contributed by atoms with Gasteiger partial charge in [-0.2, -0.15) is 12.7 Å². The van der Waals surface area contributed by atoms with Gasteiger partial charge in [0.1, 0.15) is 5.82 Å². The molecule has 0 atom stereocenters. The second-order valence-corrected chi connectivity index (χ2v) is 5.99. The van der Waals surface area contributed by atoms with E-state index in [9.17, 15) is 12.8 Å². The summed E-state index contributed by atoms with van der Waals surface area (Å²) in [5.74, 6) is 4.51. The molecule has 0 saturated carbocycles. The van der Waals surface area contributed by atoms with Crippen LogP contribution in [0.15, 0.2) is 18.2 Å². The molecule has 1 aliphatic rings. The van der Waals surface area contributed by atoms with Gasteiger partial charge in [-0.15, -0.1) is 0 Å². The third kappa shape index (κ3) is 4.15. The molecule has 1 aromatic rings. The molecule has 1 aromatic carbocycles. The molecule has 0 aliphatic carbocycles. The van der Waals surface area contributed by atoms with E-state index in [4.69, 9.17) is 10.5 Å². The van der Waals surface area contributed by atoms with Crippen LogP contribution in [0.1, 0.15) is 5.56 Å². The van der Waals surface area contributed by atoms with Crippen LogP contribution in [0, 0.1) is 17.7 Å². The third-order valence-corrected chi connectivity index (χ3v) is 4.39. The van der Waals surface area contributed by atoms with Crippen molar-refractivity contribution in [1.29, 1.82) is 0 Å². The molecule has 114 valence electrons. The zero-order valence-electron chi connectivity index (χ0n) is 11.3. The molecule has 1 heterocycles. The number of halogens is 1. The highest BCUT2D eigenvalue weighted by molar-refractivity contribution is 7.90. The summed E-state index contributed by atoms with van der Waals surface area (Å²) in [7, 11) is -3.70. The molecule has 1 aliphatic heterocycles. The Labute approximate surface area is 123 Å². The minimum absolute atomic E-state index is 0.130. The van der Waals surface area contributed by atoms with E-state index in [1.165, 1.54) is 16.4 Å². The molecule has 0 bridgehead atoms. The molecular weight excluding hydrogens is 297 g/mol. The van der Waals surface area contributed by atoms with Crippen molar-refractivity contribution in [2.24, 2.45) is 5.73 Å². The van der Waals surface area contributed by atoms with Gasteiger partial charge in [0, 0.05) is 13.1 Å². The molecule has 2 rings (SSSR count). The highest BCUT2D eigenvalue weighted by Crippen LogP contribution is 2.17. The van der Waals surface area contributed by atoms with Gasteiger partial charge in [0.15, 0.2) is 0 Å². The summed E-state index contributed by atoms with van der Waals surface area (Å²) in [6.45, 7) is 1.38. The van der Waals surface area contributed by atoms with Crippen LogP contribution in [0.4, 0.5) is 10.1 Å². The van der Waals surface area contributed by atoms with Crippen molar-refractivity contribution in [1.82, 2.24) is 4.31 Å². The van der Waals surface area contributed by atoms with E-state index >= 15 is 0 Å². The maximum absolute atomic E-state index is 13.8. The van der Waals surface area contributed by atoms with E-state index in [2.05, 4.69) is 16.6 Å². The quantitative estimate of drug-likeness (QED) is 0.777. The lowest BCUT2D eigenvalue weighted by Gasteiger charge is -2.26. The van der Waals surface area contributed by atoms with E-state index in [-0.39, 0.29) is 30.9 Å². The van der Waals surface area contributed by atoms with Gasteiger partial charge in [0.05, 0.1) is 31.0 Å². The minimum Gasteiger partial charge on any atom is -0.379 e. The van der Waals surface area contributed by atoms with Crippen LogP contribution < -0.4 is 10.5 Å². The van der Waals surface area contributed by atoms with Crippen molar-refractivity contribution < 1.29 is 17.5 Å². The van der Waals surface area contributed by atoms with Gasteiger partial charge in [-0.05, 0) is 18.2 Å². The third-order valence-electron chi connectivity index (χ3n) is 2.85. The number of anilines is 1. The van der Waals surface area contributed by atoms with Crippen molar-refractivity contribution in [3.63, 3.8) is 0 Å². The fourth-order valence-electron chi connectivity index (χ4n) is 1.83. The number of rotatable bonds is 3. The van der Waals surface area contributed by atoms with Crippen LogP contribution in [0.3, 0.4) is 0 Å². The fraction of sp³-hybridized carbons (Fsp3) is 0.385. The van der Waals surface area contributed by atoms with Gasteiger partial charge in [-0.25, -0.2) is 4.39 Å². The number of morpholine rings is 1. The van der Waals surface area contributed by atoms with Crippen LogP contribution in [0.5, 0.6) is 0 Å². The van der Waals surface area contributed by atoms with Crippen LogP contribution in [-0.4, -0.2) is 45.6 Å². The monoisotopic (exact) mass is 313 g/mol. The zero-order valence-corrected chi connectivity index (χ0v) is 12.1. The first-order valence-electron chi connectivity index (χ1n) is 6.37. The van der Waals surface area contributed by atoms with Crippen molar-refractivity contribution in [2.45, 2.75) is 0 Å². The first-order chi connectivity index (χ1) is 10.0. The highest BCUT2D eigenvalue weighted by Gasteiger charge is 2.24. The Hall–Kier alpha value is -1.66. The molecule has 0 aromatic heterocycles. The molecule has 3 N–H and O–H groups in total. The Morgan fingerprint density at radius 3 is 2.71 bits per heavy atom. The summed E-state index contributed by atoms with van der Waals surface area (Å²) in [6, 6.07) is 3.97. The average molecular weight is 313 g/mol. The SMILES string of the molecule is NCC#Cc1ccc(NS(=O)(=O)N2CCOCC2)cc1F.